The summed E-state index contributed by atoms with van der Waals surface area (Å²) in [6.45, 7) is 12.7. The highest BCUT2D eigenvalue weighted by atomic mass is 16.4. The van der Waals surface area contributed by atoms with E-state index in [2.05, 4.69) is 24.1 Å². The van der Waals surface area contributed by atoms with Crippen molar-refractivity contribution in [1.29, 1.82) is 0 Å². The summed E-state index contributed by atoms with van der Waals surface area (Å²) in [5.41, 5.74) is 1.77. The molecule has 1 aromatic rings. The van der Waals surface area contributed by atoms with Gasteiger partial charge in [-0.1, -0.05) is 13.0 Å². The maximum absolute atomic E-state index is 11.4. The molecule has 164 valence electrons. The van der Waals surface area contributed by atoms with E-state index in [1.165, 1.54) is 0 Å². The van der Waals surface area contributed by atoms with Crippen LogP contribution >= 0.6 is 0 Å². The molecule has 0 saturated heterocycles. The van der Waals surface area contributed by atoms with Crippen molar-refractivity contribution in [3.05, 3.63) is 29.6 Å². The lowest BCUT2D eigenvalue weighted by atomic mass is 10.2. The standard InChI is InChI=1S/C21H36N4O4/c1-6-11-25(17(5)21(28)29)14-19-9-7-8-18(23-19)13-24(15(2)3)12-10-22-16(4)20(26)27/h7-9,15-17,22H,6,10-14H2,1-5H3,(H,26,27)(H,28,29). The molecule has 0 aliphatic carbocycles. The second-order valence-corrected chi connectivity index (χ2v) is 7.68. The molecular weight excluding hydrogens is 372 g/mol. The summed E-state index contributed by atoms with van der Waals surface area (Å²) in [5, 5.41) is 21.3. The molecule has 0 aliphatic heterocycles. The summed E-state index contributed by atoms with van der Waals surface area (Å²) in [5.74, 6) is -1.69. The molecule has 0 aliphatic rings. The highest BCUT2D eigenvalue weighted by molar-refractivity contribution is 5.73. The smallest absolute Gasteiger partial charge is 0.320 e. The number of hydrogen-bond acceptors (Lipinski definition) is 6. The number of rotatable bonds is 14. The molecule has 0 saturated carbocycles. The van der Waals surface area contributed by atoms with E-state index in [0.29, 0.717) is 32.7 Å². The lowest BCUT2D eigenvalue weighted by molar-refractivity contribution is -0.143. The largest absolute Gasteiger partial charge is 0.480 e. The van der Waals surface area contributed by atoms with Gasteiger partial charge in [-0.25, -0.2) is 0 Å². The Morgan fingerprint density at radius 2 is 1.59 bits per heavy atom. The molecule has 0 aromatic carbocycles. The van der Waals surface area contributed by atoms with Gasteiger partial charge in [-0.15, -0.1) is 0 Å². The van der Waals surface area contributed by atoms with Crippen LogP contribution in [0.3, 0.4) is 0 Å². The van der Waals surface area contributed by atoms with Gasteiger partial charge in [0.2, 0.25) is 0 Å². The van der Waals surface area contributed by atoms with Crippen LogP contribution in [0.15, 0.2) is 18.2 Å². The molecule has 1 heterocycles. The number of carboxylic acid groups (broad SMARTS) is 2. The van der Waals surface area contributed by atoms with Crippen LogP contribution in [0.2, 0.25) is 0 Å². The van der Waals surface area contributed by atoms with E-state index < -0.39 is 24.0 Å². The minimum absolute atomic E-state index is 0.283. The first-order valence-electron chi connectivity index (χ1n) is 10.3. The fraction of sp³-hybridized carbons (Fsp3) is 0.667. The van der Waals surface area contributed by atoms with E-state index >= 15 is 0 Å². The zero-order valence-electron chi connectivity index (χ0n) is 18.3. The van der Waals surface area contributed by atoms with Crippen molar-refractivity contribution in [3.8, 4) is 0 Å². The third kappa shape index (κ3) is 8.89. The second kappa shape index (κ2) is 12.5. The van der Waals surface area contributed by atoms with Crippen LogP contribution in [0.5, 0.6) is 0 Å². The molecule has 3 N–H and O–H groups in total. The number of aromatic nitrogens is 1. The molecule has 29 heavy (non-hydrogen) atoms. The Labute approximate surface area is 173 Å². The number of nitrogens with zero attached hydrogens (tertiary/aromatic N) is 3. The van der Waals surface area contributed by atoms with Gasteiger partial charge in [0.05, 0.1) is 11.4 Å². The number of carbonyl (C=O) groups is 2. The first-order chi connectivity index (χ1) is 13.6. The second-order valence-electron chi connectivity index (χ2n) is 7.68. The minimum atomic E-state index is -0.859. The average Bonchev–Trinajstić information content (AvgIpc) is 2.66. The normalized spacial score (nSPS) is 13.8. The number of nitrogens with one attached hydrogen (secondary N) is 1. The van der Waals surface area contributed by atoms with Gasteiger partial charge in [0, 0.05) is 32.2 Å². The lowest BCUT2D eigenvalue weighted by Gasteiger charge is -2.27. The Bertz CT molecular complexity index is 653. The lowest BCUT2D eigenvalue weighted by Crippen LogP contribution is -2.41. The molecule has 8 heteroatoms. The van der Waals surface area contributed by atoms with Crippen LogP contribution in [0.4, 0.5) is 0 Å². The molecular formula is C21H36N4O4. The zero-order chi connectivity index (χ0) is 22.0. The third-order valence-corrected chi connectivity index (χ3v) is 4.96. The molecule has 0 fully saturated rings. The molecule has 2 unspecified atom stereocenters. The van der Waals surface area contributed by atoms with Crippen LogP contribution in [-0.2, 0) is 22.7 Å². The Morgan fingerprint density at radius 1 is 1.00 bits per heavy atom. The molecule has 0 amide bonds. The third-order valence-electron chi connectivity index (χ3n) is 4.96. The number of hydrogen-bond donors (Lipinski definition) is 3. The topological polar surface area (TPSA) is 106 Å². The Morgan fingerprint density at radius 3 is 2.07 bits per heavy atom. The van der Waals surface area contributed by atoms with Crippen LogP contribution in [0.25, 0.3) is 0 Å². The fourth-order valence-electron chi connectivity index (χ4n) is 3.01. The summed E-state index contributed by atoms with van der Waals surface area (Å²) < 4.78 is 0. The predicted octanol–water partition coefficient (Wildman–Crippen LogP) is 2.04. The van der Waals surface area contributed by atoms with Crippen molar-refractivity contribution < 1.29 is 19.8 Å². The van der Waals surface area contributed by atoms with Gasteiger partial charge in [-0.05, 0) is 52.8 Å². The van der Waals surface area contributed by atoms with Crippen molar-refractivity contribution in [3.63, 3.8) is 0 Å². The highest BCUT2D eigenvalue weighted by Crippen LogP contribution is 2.11. The van der Waals surface area contributed by atoms with E-state index in [1.54, 1.807) is 13.8 Å². The molecule has 8 nitrogen and oxygen atoms in total. The van der Waals surface area contributed by atoms with E-state index in [9.17, 15) is 14.7 Å². The van der Waals surface area contributed by atoms with E-state index in [1.807, 2.05) is 30.0 Å². The predicted molar refractivity (Wildman–Crippen MR) is 113 cm³/mol. The van der Waals surface area contributed by atoms with Crippen LogP contribution < -0.4 is 5.32 Å². The SMILES string of the molecule is CCCN(Cc1cccc(CN(CCNC(C)C(=O)O)C(C)C)n1)C(C)C(=O)O. The number of pyridine rings is 1. The molecule has 1 aromatic heterocycles. The summed E-state index contributed by atoms with van der Waals surface area (Å²) in [7, 11) is 0. The summed E-state index contributed by atoms with van der Waals surface area (Å²) in [6.07, 6.45) is 0.875. The van der Waals surface area contributed by atoms with Crippen molar-refractivity contribution in [1.82, 2.24) is 20.1 Å². The minimum Gasteiger partial charge on any atom is -0.480 e. The highest BCUT2D eigenvalue weighted by Gasteiger charge is 2.21. The maximum atomic E-state index is 11.4. The monoisotopic (exact) mass is 408 g/mol. The molecule has 0 bridgehead atoms. The van der Waals surface area contributed by atoms with E-state index in [4.69, 9.17) is 10.1 Å². The summed E-state index contributed by atoms with van der Waals surface area (Å²) in [6, 6.07) is 5.00. The van der Waals surface area contributed by atoms with Crippen molar-refractivity contribution >= 4 is 11.9 Å². The fourth-order valence-corrected chi connectivity index (χ4v) is 3.01. The Hall–Kier alpha value is -2.03. The van der Waals surface area contributed by atoms with E-state index in [-0.39, 0.29) is 6.04 Å². The maximum Gasteiger partial charge on any atom is 0.320 e. The first kappa shape index (κ1) is 25.0. The van der Waals surface area contributed by atoms with Gasteiger partial charge >= 0.3 is 11.9 Å². The zero-order valence-corrected chi connectivity index (χ0v) is 18.3. The molecule has 0 radical (unpaired) electrons. The Balaban J connectivity index is 2.77. The van der Waals surface area contributed by atoms with Crippen molar-refractivity contribution in [2.45, 2.75) is 72.3 Å². The molecule has 0 spiro atoms. The molecule has 1 rings (SSSR count). The van der Waals surface area contributed by atoms with Gasteiger partial charge in [0.15, 0.2) is 0 Å². The van der Waals surface area contributed by atoms with Crippen molar-refractivity contribution in [2.75, 3.05) is 19.6 Å². The van der Waals surface area contributed by atoms with Crippen LogP contribution in [-0.4, -0.2) is 74.7 Å². The van der Waals surface area contributed by atoms with Gasteiger partial charge in [-0.3, -0.25) is 24.4 Å². The summed E-state index contributed by atoms with van der Waals surface area (Å²) >= 11 is 0. The number of carboxylic acids is 2. The van der Waals surface area contributed by atoms with Gasteiger partial charge in [0.25, 0.3) is 0 Å². The quantitative estimate of drug-likeness (QED) is 0.429. The van der Waals surface area contributed by atoms with Crippen molar-refractivity contribution in [2.24, 2.45) is 0 Å². The number of aliphatic carboxylic acids is 2. The van der Waals surface area contributed by atoms with E-state index in [0.717, 1.165) is 17.8 Å². The van der Waals surface area contributed by atoms with Gasteiger partial charge in [-0.2, -0.15) is 0 Å². The van der Waals surface area contributed by atoms with Crippen LogP contribution in [0, 0.1) is 0 Å². The van der Waals surface area contributed by atoms with Gasteiger partial charge in [0.1, 0.15) is 12.1 Å². The van der Waals surface area contributed by atoms with Gasteiger partial charge < -0.3 is 15.5 Å². The first-order valence-corrected chi connectivity index (χ1v) is 10.3. The molecule has 2 atom stereocenters. The average molecular weight is 409 g/mol. The summed E-state index contributed by atoms with van der Waals surface area (Å²) in [4.78, 5) is 31.2. The van der Waals surface area contributed by atoms with Crippen LogP contribution in [0.1, 0.15) is 52.4 Å². The Kier molecular flexibility index (Phi) is 10.8.